The molecule has 2 atom stereocenters. The van der Waals surface area contributed by atoms with Crippen molar-refractivity contribution in [2.75, 3.05) is 33.4 Å². The van der Waals surface area contributed by atoms with E-state index in [4.69, 9.17) is 9.84 Å². The van der Waals surface area contributed by atoms with E-state index < -0.39 is 18.1 Å². The zero-order valence-corrected chi connectivity index (χ0v) is 10.7. The van der Waals surface area contributed by atoms with Gasteiger partial charge in [0.2, 0.25) is 0 Å². The van der Waals surface area contributed by atoms with E-state index in [0.29, 0.717) is 13.2 Å². The molecule has 7 nitrogen and oxygen atoms in total. The normalized spacial score (nSPS) is 21.5. The molecular formula is C11H20N2O5. The number of aliphatic hydroxyl groups is 1. The Labute approximate surface area is 106 Å². The third-order valence-corrected chi connectivity index (χ3v) is 2.75. The summed E-state index contributed by atoms with van der Waals surface area (Å²) in [5.41, 5.74) is 0. The number of carbonyl (C=O) groups excluding carboxylic acids is 1. The van der Waals surface area contributed by atoms with E-state index in [1.807, 2.05) is 0 Å². The van der Waals surface area contributed by atoms with Crippen LogP contribution in [-0.2, 0) is 9.53 Å². The number of rotatable bonds is 4. The molecule has 1 saturated heterocycles. The van der Waals surface area contributed by atoms with Crippen LogP contribution in [-0.4, -0.2) is 77.5 Å². The maximum Gasteiger partial charge on any atom is 0.320 e. The van der Waals surface area contributed by atoms with Gasteiger partial charge in [0.05, 0.1) is 31.8 Å². The van der Waals surface area contributed by atoms with Crippen LogP contribution in [0, 0.1) is 0 Å². The molecule has 0 aromatic carbocycles. The highest BCUT2D eigenvalue weighted by Crippen LogP contribution is 2.13. The van der Waals surface area contributed by atoms with E-state index in [1.165, 1.54) is 9.80 Å². The van der Waals surface area contributed by atoms with Crippen molar-refractivity contribution in [1.82, 2.24) is 9.80 Å². The third kappa shape index (κ3) is 4.15. The minimum atomic E-state index is -0.957. The second-order valence-corrected chi connectivity index (χ2v) is 4.53. The van der Waals surface area contributed by atoms with Gasteiger partial charge in [-0.1, -0.05) is 0 Å². The molecule has 0 spiro atoms. The van der Waals surface area contributed by atoms with Crippen molar-refractivity contribution < 1.29 is 24.5 Å². The highest BCUT2D eigenvalue weighted by molar-refractivity contribution is 5.76. The smallest absolute Gasteiger partial charge is 0.320 e. The van der Waals surface area contributed by atoms with Gasteiger partial charge < -0.3 is 24.7 Å². The van der Waals surface area contributed by atoms with Crippen molar-refractivity contribution in [1.29, 1.82) is 0 Å². The number of nitrogens with zero attached hydrogens (tertiary/aromatic N) is 2. The lowest BCUT2D eigenvalue weighted by atomic mass is 10.1. The quantitative estimate of drug-likeness (QED) is 0.717. The van der Waals surface area contributed by atoms with Gasteiger partial charge in [-0.15, -0.1) is 0 Å². The average molecular weight is 260 g/mol. The molecule has 2 amide bonds. The van der Waals surface area contributed by atoms with Gasteiger partial charge in [-0.05, 0) is 6.92 Å². The van der Waals surface area contributed by atoms with Crippen LogP contribution in [0.1, 0.15) is 13.3 Å². The second-order valence-electron chi connectivity index (χ2n) is 4.53. The number of morpholine rings is 1. The fourth-order valence-corrected chi connectivity index (χ4v) is 1.97. The van der Waals surface area contributed by atoms with Crippen LogP contribution >= 0.6 is 0 Å². The number of aliphatic hydroxyl groups excluding tert-OH is 1. The maximum absolute atomic E-state index is 12.1. The van der Waals surface area contributed by atoms with Gasteiger partial charge in [0, 0.05) is 20.1 Å². The molecule has 0 aliphatic carbocycles. The largest absolute Gasteiger partial charge is 0.481 e. The summed E-state index contributed by atoms with van der Waals surface area (Å²) in [6.07, 6.45) is -0.744. The number of hydrogen-bond acceptors (Lipinski definition) is 4. The molecule has 0 bridgehead atoms. The Balaban J connectivity index is 2.64. The van der Waals surface area contributed by atoms with E-state index in [9.17, 15) is 14.7 Å². The monoisotopic (exact) mass is 260 g/mol. The van der Waals surface area contributed by atoms with Gasteiger partial charge in [0.1, 0.15) is 0 Å². The molecule has 7 heteroatoms. The first-order chi connectivity index (χ1) is 8.41. The first-order valence-electron chi connectivity index (χ1n) is 5.91. The summed E-state index contributed by atoms with van der Waals surface area (Å²) in [7, 11) is 1.59. The van der Waals surface area contributed by atoms with Crippen molar-refractivity contribution in [2.45, 2.75) is 25.5 Å². The van der Waals surface area contributed by atoms with Gasteiger partial charge in [-0.2, -0.15) is 0 Å². The number of carbonyl (C=O) groups is 2. The molecule has 0 radical (unpaired) electrons. The molecule has 1 heterocycles. The highest BCUT2D eigenvalue weighted by atomic mass is 16.5. The molecule has 0 aromatic heterocycles. The predicted octanol–water partition coefficient (Wildman–Crippen LogP) is -0.405. The molecule has 2 N–H and O–H groups in total. The average Bonchev–Trinajstić information content (AvgIpc) is 2.27. The van der Waals surface area contributed by atoms with E-state index in [-0.39, 0.29) is 25.6 Å². The van der Waals surface area contributed by atoms with Crippen molar-refractivity contribution in [3.05, 3.63) is 0 Å². The molecule has 0 aromatic rings. The third-order valence-electron chi connectivity index (χ3n) is 2.75. The summed E-state index contributed by atoms with van der Waals surface area (Å²) in [6, 6.07) is -0.717. The van der Waals surface area contributed by atoms with Gasteiger partial charge >= 0.3 is 12.0 Å². The lowest BCUT2D eigenvalue weighted by Crippen LogP contribution is -2.54. The summed E-state index contributed by atoms with van der Waals surface area (Å²) in [5.74, 6) is -0.957. The zero-order chi connectivity index (χ0) is 13.7. The van der Waals surface area contributed by atoms with E-state index in [2.05, 4.69) is 0 Å². The fraction of sp³-hybridized carbons (Fsp3) is 0.818. The molecule has 18 heavy (non-hydrogen) atoms. The van der Waals surface area contributed by atoms with Gasteiger partial charge in [-0.3, -0.25) is 4.79 Å². The van der Waals surface area contributed by atoms with Gasteiger partial charge in [0.15, 0.2) is 0 Å². The van der Waals surface area contributed by atoms with Crippen LogP contribution in [0.2, 0.25) is 0 Å². The minimum Gasteiger partial charge on any atom is -0.481 e. The number of ether oxygens (including phenoxy) is 1. The van der Waals surface area contributed by atoms with Crippen LogP contribution in [0.5, 0.6) is 0 Å². The van der Waals surface area contributed by atoms with Gasteiger partial charge in [-0.25, -0.2) is 4.79 Å². The maximum atomic E-state index is 12.1. The van der Waals surface area contributed by atoms with Gasteiger partial charge in [0.25, 0.3) is 0 Å². The molecular weight excluding hydrogens is 240 g/mol. The Kier molecular flexibility index (Phi) is 5.36. The van der Waals surface area contributed by atoms with E-state index in [1.54, 1.807) is 14.0 Å². The van der Waals surface area contributed by atoms with Crippen molar-refractivity contribution in [3.8, 4) is 0 Å². The molecule has 0 saturated carbocycles. The molecule has 1 aliphatic heterocycles. The number of likely N-dealkylation sites (N-methyl/N-ethyl adjacent to an activating group) is 1. The predicted molar refractivity (Wildman–Crippen MR) is 63.3 cm³/mol. The topological polar surface area (TPSA) is 90.3 Å². The Morgan fingerprint density at radius 3 is 2.78 bits per heavy atom. The summed E-state index contributed by atoms with van der Waals surface area (Å²) < 4.78 is 5.20. The first-order valence-corrected chi connectivity index (χ1v) is 5.91. The summed E-state index contributed by atoms with van der Waals surface area (Å²) in [6.45, 7) is 2.83. The molecule has 1 aliphatic rings. The molecule has 1 fully saturated rings. The molecule has 1 rings (SSSR count). The summed E-state index contributed by atoms with van der Waals surface area (Å²) in [4.78, 5) is 25.7. The Hall–Kier alpha value is -1.34. The molecule has 2 unspecified atom stereocenters. The summed E-state index contributed by atoms with van der Waals surface area (Å²) >= 11 is 0. The first kappa shape index (κ1) is 14.7. The van der Waals surface area contributed by atoms with Crippen LogP contribution in [0.3, 0.4) is 0 Å². The van der Waals surface area contributed by atoms with Crippen molar-refractivity contribution in [3.63, 3.8) is 0 Å². The van der Waals surface area contributed by atoms with Crippen LogP contribution in [0.25, 0.3) is 0 Å². The lowest BCUT2D eigenvalue weighted by molar-refractivity contribution is -0.139. The fourth-order valence-electron chi connectivity index (χ4n) is 1.97. The van der Waals surface area contributed by atoms with Crippen LogP contribution < -0.4 is 0 Å². The standard InChI is InChI=1S/C11H20N2O5/c1-8(14)6-12(2)11(17)13-3-4-18-7-9(13)5-10(15)16/h8-9,14H,3-7H2,1-2H3,(H,15,16). The molecule has 104 valence electrons. The van der Waals surface area contributed by atoms with Crippen LogP contribution in [0.15, 0.2) is 0 Å². The summed E-state index contributed by atoms with van der Waals surface area (Å²) in [5, 5.41) is 18.1. The number of carboxylic acid groups (broad SMARTS) is 1. The highest BCUT2D eigenvalue weighted by Gasteiger charge is 2.31. The zero-order valence-electron chi connectivity index (χ0n) is 10.7. The lowest BCUT2D eigenvalue weighted by Gasteiger charge is -2.37. The second kappa shape index (κ2) is 6.55. The minimum absolute atomic E-state index is 0.131. The number of urea groups is 1. The van der Waals surface area contributed by atoms with Crippen molar-refractivity contribution in [2.24, 2.45) is 0 Å². The number of aliphatic carboxylic acids is 1. The Bertz CT molecular complexity index is 308. The number of amides is 2. The SMILES string of the molecule is CC(O)CN(C)C(=O)N1CCOCC1CC(=O)O. The number of carboxylic acids is 1. The van der Waals surface area contributed by atoms with Crippen molar-refractivity contribution >= 4 is 12.0 Å². The van der Waals surface area contributed by atoms with E-state index in [0.717, 1.165) is 0 Å². The van der Waals surface area contributed by atoms with E-state index >= 15 is 0 Å². The Morgan fingerprint density at radius 2 is 2.22 bits per heavy atom. The van der Waals surface area contributed by atoms with Crippen LogP contribution in [0.4, 0.5) is 4.79 Å². The Morgan fingerprint density at radius 1 is 1.56 bits per heavy atom. The number of hydrogen-bond donors (Lipinski definition) is 2.